The summed E-state index contributed by atoms with van der Waals surface area (Å²) in [5, 5.41) is -0.00667. The van der Waals surface area contributed by atoms with Gasteiger partial charge in [0.1, 0.15) is 5.82 Å². The quantitative estimate of drug-likeness (QED) is 0.687. The molecule has 1 unspecified atom stereocenters. The molecule has 1 heterocycles. The van der Waals surface area contributed by atoms with E-state index in [2.05, 4.69) is 15.9 Å². The Morgan fingerprint density at radius 3 is 2.71 bits per heavy atom. The first-order valence-electron chi connectivity index (χ1n) is 4.89. The zero-order valence-corrected chi connectivity index (χ0v) is 11.7. The van der Waals surface area contributed by atoms with Crippen LogP contribution in [0.3, 0.4) is 0 Å². The summed E-state index contributed by atoms with van der Waals surface area (Å²) in [6, 6.07) is 6.33. The molecule has 0 aliphatic carbocycles. The number of halogens is 4. The molecule has 0 bridgehead atoms. The summed E-state index contributed by atoms with van der Waals surface area (Å²) in [5.74, 6) is -0.345. The van der Waals surface area contributed by atoms with Crippen molar-refractivity contribution in [2.75, 3.05) is 0 Å². The second-order valence-corrected chi connectivity index (χ2v) is 5.18. The molecule has 1 atom stereocenters. The first-order valence-corrected chi connectivity index (χ1v) is 6.50. The third-order valence-corrected chi connectivity index (χ3v) is 3.82. The maximum atomic E-state index is 13.6. The van der Waals surface area contributed by atoms with E-state index >= 15 is 0 Å². The van der Waals surface area contributed by atoms with Crippen molar-refractivity contribution in [1.82, 2.24) is 0 Å². The van der Waals surface area contributed by atoms with Gasteiger partial charge in [-0.05, 0) is 40.5 Å². The molecule has 5 heteroatoms. The summed E-state index contributed by atoms with van der Waals surface area (Å²) in [5.41, 5.74) is 1.20. The molecular formula is C12H8BrCl2FO. The molecule has 1 nitrogen and oxygen atoms in total. The van der Waals surface area contributed by atoms with Crippen molar-refractivity contribution in [1.29, 1.82) is 0 Å². The molecule has 0 aliphatic rings. The van der Waals surface area contributed by atoms with Crippen LogP contribution >= 0.6 is 39.1 Å². The second kappa shape index (κ2) is 5.42. The van der Waals surface area contributed by atoms with Crippen LogP contribution in [0.5, 0.6) is 0 Å². The maximum absolute atomic E-state index is 13.6. The predicted octanol–water partition coefficient (Wildman–Crippen LogP) is 5.36. The fourth-order valence-corrected chi connectivity index (χ4v) is 2.76. The van der Waals surface area contributed by atoms with Crippen molar-refractivity contribution >= 4 is 39.1 Å². The van der Waals surface area contributed by atoms with Crippen LogP contribution in [0.25, 0.3) is 0 Å². The lowest BCUT2D eigenvalue weighted by molar-refractivity contribution is 0.535. The fraction of sp³-hybridized carbons (Fsp3) is 0.167. The number of benzene rings is 1. The Bertz CT molecular complexity index is 507. The molecule has 2 rings (SSSR count). The van der Waals surface area contributed by atoms with E-state index < -0.39 is 5.38 Å². The van der Waals surface area contributed by atoms with Gasteiger partial charge in [-0.25, -0.2) is 4.39 Å². The maximum Gasteiger partial charge on any atom is 0.173 e. The zero-order chi connectivity index (χ0) is 12.4. The summed E-state index contributed by atoms with van der Waals surface area (Å²) in [4.78, 5) is 0. The first-order chi connectivity index (χ1) is 8.09. The Morgan fingerprint density at radius 1 is 1.35 bits per heavy atom. The van der Waals surface area contributed by atoms with Crippen molar-refractivity contribution in [2.24, 2.45) is 0 Å². The summed E-state index contributed by atoms with van der Waals surface area (Å²) in [6.07, 6.45) is 1.84. The van der Waals surface area contributed by atoms with Gasteiger partial charge in [-0.3, -0.25) is 0 Å². The van der Waals surface area contributed by atoms with Gasteiger partial charge < -0.3 is 4.42 Å². The predicted molar refractivity (Wildman–Crippen MR) is 70.1 cm³/mol. The molecule has 0 aliphatic heterocycles. The van der Waals surface area contributed by atoms with Crippen LogP contribution in [0.4, 0.5) is 4.39 Å². The minimum atomic E-state index is -0.391. The number of rotatable bonds is 3. The molecular weight excluding hydrogens is 330 g/mol. The van der Waals surface area contributed by atoms with Crippen LogP contribution in [0.2, 0.25) is 5.02 Å². The average Bonchev–Trinajstić information content (AvgIpc) is 2.70. The normalized spacial score (nSPS) is 12.7. The monoisotopic (exact) mass is 336 g/mol. The highest BCUT2D eigenvalue weighted by molar-refractivity contribution is 9.10. The van der Waals surface area contributed by atoms with Gasteiger partial charge >= 0.3 is 0 Å². The van der Waals surface area contributed by atoms with Crippen LogP contribution in [-0.2, 0) is 6.42 Å². The van der Waals surface area contributed by atoms with E-state index in [1.807, 2.05) is 0 Å². The van der Waals surface area contributed by atoms with Crippen LogP contribution < -0.4 is 0 Å². The molecule has 0 spiro atoms. The Hall–Kier alpha value is -0.510. The molecule has 90 valence electrons. The van der Waals surface area contributed by atoms with Gasteiger partial charge in [-0.2, -0.15) is 0 Å². The third-order valence-electron chi connectivity index (χ3n) is 2.43. The van der Waals surface area contributed by atoms with E-state index in [0.717, 1.165) is 5.56 Å². The van der Waals surface area contributed by atoms with E-state index in [1.165, 1.54) is 12.3 Å². The van der Waals surface area contributed by atoms with E-state index in [1.54, 1.807) is 18.2 Å². The zero-order valence-electron chi connectivity index (χ0n) is 8.59. The smallest absolute Gasteiger partial charge is 0.173 e. The Labute approximate surface area is 117 Å². The molecule has 0 radical (unpaired) electrons. The molecule has 2 aromatic rings. The van der Waals surface area contributed by atoms with Gasteiger partial charge in [0.05, 0.1) is 11.6 Å². The van der Waals surface area contributed by atoms with Crippen LogP contribution in [0.1, 0.15) is 16.5 Å². The van der Waals surface area contributed by atoms with E-state index in [0.29, 0.717) is 21.7 Å². The van der Waals surface area contributed by atoms with E-state index in [4.69, 9.17) is 27.6 Å². The minimum Gasteiger partial charge on any atom is -0.457 e. The van der Waals surface area contributed by atoms with E-state index in [9.17, 15) is 4.39 Å². The highest BCUT2D eigenvalue weighted by atomic mass is 79.9. The molecule has 1 aromatic heterocycles. The molecule has 1 aromatic carbocycles. The molecule has 0 fully saturated rings. The standard InChI is InChI=1S/C12H8BrCl2FO/c13-12-7(4-5-17-12)10(15)6-8-9(14)2-1-3-11(8)16/h1-5,10H,6H2. The van der Waals surface area contributed by atoms with Gasteiger partial charge in [0.15, 0.2) is 4.67 Å². The number of hydrogen-bond donors (Lipinski definition) is 0. The Balaban J connectivity index is 2.25. The minimum absolute atomic E-state index is 0.311. The summed E-state index contributed by atoms with van der Waals surface area (Å²) >= 11 is 15.4. The summed E-state index contributed by atoms with van der Waals surface area (Å²) in [7, 11) is 0. The van der Waals surface area contributed by atoms with Crippen molar-refractivity contribution in [3.05, 3.63) is 57.2 Å². The Morgan fingerprint density at radius 2 is 2.12 bits per heavy atom. The van der Waals surface area contributed by atoms with E-state index in [-0.39, 0.29) is 5.82 Å². The van der Waals surface area contributed by atoms with Crippen molar-refractivity contribution < 1.29 is 8.81 Å². The molecule has 17 heavy (non-hydrogen) atoms. The number of furan rings is 1. The molecule has 0 amide bonds. The summed E-state index contributed by atoms with van der Waals surface area (Å²) in [6.45, 7) is 0. The van der Waals surface area contributed by atoms with Crippen molar-refractivity contribution in [3.63, 3.8) is 0 Å². The first kappa shape index (κ1) is 12.9. The lowest BCUT2D eigenvalue weighted by Crippen LogP contribution is -1.99. The molecule has 0 saturated heterocycles. The highest BCUT2D eigenvalue weighted by Gasteiger charge is 2.18. The second-order valence-electron chi connectivity index (χ2n) is 3.52. The lowest BCUT2D eigenvalue weighted by Gasteiger charge is -2.10. The Kier molecular flexibility index (Phi) is 4.13. The average molecular weight is 338 g/mol. The largest absolute Gasteiger partial charge is 0.457 e. The van der Waals surface area contributed by atoms with Gasteiger partial charge in [-0.15, -0.1) is 11.6 Å². The molecule has 0 saturated carbocycles. The summed E-state index contributed by atoms with van der Waals surface area (Å²) < 4.78 is 19.2. The number of alkyl halides is 1. The van der Waals surface area contributed by atoms with Crippen molar-refractivity contribution in [3.8, 4) is 0 Å². The van der Waals surface area contributed by atoms with Gasteiger partial charge in [-0.1, -0.05) is 17.7 Å². The number of hydrogen-bond acceptors (Lipinski definition) is 1. The highest BCUT2D eigenvalue weighted by Crippen LogP contribution is 2.34. The topological polar surface area (TPSA) is 13.1 Å². The van der Waals surface area contributed by atoms with Gasteiger partial charge in [0.2, 0.25) is 0 Å². The lowest BCUT2D eigenvalue weighted by atomic mass is 10.1. The third kappa shape index (κ3) is 2.84. The SMILES string of the molecule is Fc1cccc(Cl)c1CC(Cl)c1ccoc1Br. The van der Waals surface area contributed by atoms with Crippen LogP contribution in [0, 0.1) is 5.82 Å². The van der Waals surface area contributed by atoms with Crippen molar-refractivity contribution in [2.45, 2.75) is 11.8 Å². The molecule has 0 N–H and O–H groups in total. The van der Waals surface area contributed by atoms with Gasteiger partial charge in [0.25, 0.3) is 0 Å². The van der Waals surface area contributed by atoms with Gasteiger partial charge in [0, 0.05) is 16.1 Å². The fourth-order valence-electron chi connectivity index (χ4n) is 1.54. The van der Waals surface area contributed by atoms with Crippen LogP contribution in [0.15, 0.2) is 39.6 Å². The van der Waals surface area contributed by atoms with Crippen LogP contribution in [-0.4, -0.2) is 0 Å².